The predicted molar refractivity (Wildman–Crippen MR) is 82.3 cm³/mol. The fourth-order valence-corrected chi connectivity index (χ4v) is 4.60. The van der Waals surface area contributed by atoms with Crippen LogP contribution in [-0.4, -0.2) is 29.5 Å². The molecule has 0 spiro atoms. The summed E-state index contributed by atoms with van der Waals surface area (Å²) >= 11 is 2.00. The van der Waals surface area contributed by atoms with Gasteiger partial charge in [-0.15, -0.1) is 0 Å². The maximum Gasteiger partial charge on any atom is 0.227 e. The minimum atomic E-state index is -0.282. The van der Waals surface area contributed by atoms with Crippen molar-refractivity contribution in [3.05, 3.63) is 0 Å². The second-order valence-corrected chi connectivity index (χ2v) is 8.17. The van der Waals surface area contributed by atoms with E-state index >= 15 is 0 Å². The van der Waals surface area contributed by atoms with Crippen molar-refractivity contribution in [2.45, 2.75) is 63.0 Å². The lowest BCUT2D eigenvalue weighted by molar-refractivity contribution is -0.131. The van der Waals surface area contributed by atoms with E-state index in [0.717, 1.165) is 32.2 Å². The molecular formula is C15H28N2OS. The molecule has 110 valence electrons. The van der Waals surface area contributed by atoms with E-state index in [2.05, 4.69) is 12.2 Å². The van der Waals surface area contributed by atoms with Crippen LogP contribution in [0, 0.1) is 5.41 Å². The van der Waals surface area contributed by atoms with Gasteiger partial charge in [0, 0.05) is 17.8 Å². The molecular weight excluding hydrogens is 256 g/mol. The molecule has 1 amide bonds. The smallest absolute Gasteiger partial charge is 0.227 e. The largest absolute Gasteiger partial charge is 0.354 e. The number of hydrogen-bond donors (Lipinski definition) is 2. The van der Waals surface area contributed by atoms with Gasteiger partial charge in [-0.2, -0.15) is 11.8 Å². The fraction of sp³-hybridized carbons (Fsp3) is 0.933. The molecule has 1 saturated carbocycles. The van der Waals surface area contributed by atoms with Gasteiger partial charge >= 0.3 is 0 Å². The van der Waals surface area contributed by atoms with Crippen LogP contribution in [0.5, 0.6) is 0 Å². The van der Waals surface area contributed by atoms with Gasteiger partial charge in [-0.3, -0.25) is 4.79 Å². The lowest BCUT2D eigenvalue weighted by Gasteiger charge is -2.32. The van der Waals surface area contributed by atoms with E-state index in [0.29, 0.717) is 6.54 Å². The zero-order chi connectivity index (χ0) is 13.8. The van der Waals surface area contributed by atoms with E-state index in [9.17, 15) is 4.79 Å². The molecule has 3 nitrogen and oxygen atoms in total. The van der Waals surface area contributed by atoms with E-state index in [1.807, 2.05) is 11.8 Å². The van der Waals surface area contributed by atoms with Crippen molar-refractivity contribution < 1.29 is 4.79 Å². The standard InChI is InChI=1S/C15H28N2OS/c1-14(7-6-10-19-14)12-17-13(18)15(11-16)8-4-2-3-5-9-15/h2-12,16H2,1H3,(H,17,18). The zero-order valence-electron chi connectivity index (χ0n) is 12.2. The number of carbonyl (C=O) groups is 1. The number of nitrogens with two attached hydrogens (primary N) is 1. The molecule has 3 N–H and O–H groups in total. The first kappa shape index (κ1) is 15.2. The molecule has 1 aliphatic carbocycles. The number of thioether (sulfide) groups is 1. The highest BCUT2D eigenvalue weighted by Crippen LogP contribution is 2.38. The van der Waals surface area contributed by atoms with Gasteiger partial charge in [0.25, 0.3) is 0 Å². The van der Waals surface area contributed by atoms with Crippen LogP contribution in [0.15, 0.2) is 0 Å². The average Bonchev–Trinajstić information content (AvgIpc) is 2.71. The number of amides is 1. The highest BCUT2D eigenvalue weighted by Gasteiger charge is 2.38. The van der Waals surface area contributed by atoms with Crippen LogP contribution in [0.1, 0.15) is 58.3 Å². The molecule has 1 aliphatic heterocycles. The third-order valence-corrected chi connectivity index (χ3v) is 6.39. The normalized spacial score (nSPS) is 30.8. The van der Waals surface area contributed by atoms with Crippen LogP contribution in [0.2, 0.25) is 0 Å². The molecule has 2 rings (SSSR count). The minimum absolute atomic E-state index is 0.214. The molecule has 1 heterocycles. The Labute approximate surface area is 121 Å². The van der Waals surface area contributed by atoms with Gasteiger partial charge < -0.3 is 11.1 Å². The average molecular weight is 284 g/mol. The van der Waals surface area contributed by atoms with Crippen LogP contribution >= 0.6 is 11.8 Å². The van der Waals surface area contributed by atoms with E-state index < -0.39 is 0 Å². The molecule has 19 heavy (non-hydrogen) atoms. The summed E-state index contributed by atoms with van der Waals surface area (Å²) in [6.07, 6.45) is 9.24. The van der Waals surface area contributed by atoms with Gasteiger partial charge in [0.1, 0.15) is 0 Å². The van der Waals surface area contributed by atoms with Gasteiger partial charge in [-0.05, 0) is 38.4 Å². The Morgan fingerprint density at radius 1 is 1.16 bits per heavy atom. The topological polar surface area (TPSA) is 55.1 Å². The first-order valence-corrected chi connectivity index (χ1v) is 8.71. The number of rotatable bonds is 4. The second kappa shape index (κ2) is 6.49. The maximum absolute atomic E-state index is 12.6. The van der Waals surface area contributed by atoms with E-state index in [-0.39, 0.29) is 16.1 Å². The monoisotopic (exact) mass is 284 g/mol. The lowest BCUT2D eigenvalue weighted by atomic mass is 9.79. The molecule has 1 unspecified atom stereocenters. The number of carbonyl (C=O) groups excluding carboxylic acids is 1. The molecule has 1 atom stereocenters. The predicted octanol–water partition coefficient (Wildman–Crippen LogP) is 2.69. The van der Waals surface area contributed by atoms with E-state index in [1.54, 1.807) is 0 Å². The zero-order valence-corrected chi connectivity index (χ0v) is 13.0. The molecule has 0 radical (unpaired) electrons. The van der Waals surface area contributed by atoms with Gasteiger partial charge in [0.2, 0.25) is 5.91 Å². The highest BCUT2D eigenvalue weighted by molar-refractivity contribution is 8.00. The van der Waals surface area contributed by atoms with Crippen LogP contribution in [0.25, 0.3) is 0 Å². The SMILES string of the molecule is CC1(CNC(=O)C2(CN)CCCCCC2)CCCS1. The Morgan fingerprint density at radius 2 is 1.84 bits per heavy atom. The van der Waals surface area contributed by atoms with E-state index in [4.69, 9.17) is 5.73 Å². The first-order valence-electron chi connectivity index (χ1n) is 7.73. The first-order chi connectivity index (χ1) is 9.10. The highest BCUT2D eigenvalue weighted by atomic mass is 32.2. The molecule has 0 aromatic rings. The number of nitrogens with one attached hydrogen (secondary N) is 1. The number of hydrogen-bond acceptors (Lipinski definition) is 3. The molecule has 2 fully saturated rings. The van der Waals surface area contributed by atoms with E-state index in [1.165, 1.54) is 31.4 Å². The van der Waals surface area contributed by atoms with Crippen LogP contribution in [0.3, 0.4) is 0 Å². The Morgan fingerprint density at radius 3 is 2.37 bits per heavy atom. The molecule has 4 heteroatoms. The molecule has 2 aliphatic rings. The maximum atomic E-state index is 12.6. The van der Waals surface area contributed by atoms with Crippen molar-refractivity contribution in [3.63, 3.8) is 0 Å². The summed E-state index contributed by atoms with van der Waals surface area (Å²) < 4.78 is 0.246. The van der Waals surface area contributed by atoms with Crippen molar-refractivity contribution in [1.29, 1.82) is 0 Å². The van der Waals surface area contributed by atoms with Crippen LogP contribution < -0.4 is 11.1 Å². The summed E-state index contributed by atoms with van der Waals surface area (Å²) in [7, 11) is 0. The Kier molecular flexibility index (Phi) is 5.18. The Balaban J connectivity index is 1.92. The van der Waals surface area contributed by atoms with Gasteiger partial charge in [0.15, 0.2) is 0 Å². The van der Waals surface area contributed by atoms with Crippen LogP contribution in [-0.2, 0) is 4.79 Å². The molecule has 0 bridgehead atoms. The third-order valence-electron chi connectivity index (χ3n) is 4.86. The quantitative estimate of drug-likeness (QED) is 0.780. The van der Waals surface area contributed by atoms with Crippen molar-refractivity contribution >= 4 is 17.7 Å². The lowest BCUT2D eigenvalue weighted by Crippen LogP contribution is -2.48. The summed E-state index contributed by atoms with van der Waals surface area (Å²) in [5.74, 6) is 1.44. The molecule has 0 aromatic carbocycles. The summed E-state index contributed by atoms with van der Waals surface area (Å²) in [4.78, 5) is 12.6. The van der Waals surface area contributed by atoms with Gasteiger partial charge in [-0.25, -0.2) is 0 Å². The van der Waals surface area contributed by atoms with Crippen molar-refractivity contribution in [3.8, 4) is 0 Å². The minimum Gasteiger partial charge on any atom is -0.354 e. The summed E-state index contributed by atoms with van der Waals surface area (Å²) in [5, 5.41) is 3.21. The van der Waals surface area contributed by atoms with Gasteiger partial charge in [0.05, 0.1) is 5.41 Å². The third kappa shape index (κ3) is 3.66. The van der Waals surface area contributed by atoms with Crippen molar-refractivity contribution in [1.82, 2.24) is 5.32 Å². The summed E-state index contributed by atoms with van der Waals surface area (Å²) in [6.45, 7) is 3.58. The summed E-state index contributed by atoms with van der Waals surface area (Å²) in [6, 6.07) is 0. The Hall–Kier alpha value is -0.220. The molecule has 0 aromatic heterocycles. The van der Waals surface area contributed by atoms with Crippen molar-refractivity contribution in [2.24, 2.45) is 11.1 Å². The fourth-order valence-electron chi connectivity index (χ4n) is 3.36. The van der Waals surface area contributed by atoms with Crippen LogP contribution in [0.4, 0.5) is 0 Å². The Bertz CT molecular complexity index is 305. The summed E-state index contributed by atoms with van der Waals surface area (Å²) in [5.41, 5.74) is 5.68. The van der Waals surface area contributed by atoms with Gasteiger partial charge in [-0.1, -0.05) is 25.7 Å². The van der Waals surface area contributed by atoms with Crippen molar-refractivity contribution in [2.75, 3.05) is 18.8 Å². The second-order valence-electron chi connectivity index (χ2n) is 6.48. The molecule has 1 saturated heterocycles.